The lowest BCUT2D eigenvalue weighted by atomic mass is 10.1. The third-order valence-electron chi connectivity index (χ3n) is 3.40. The van der Waals surface area contributed by atoms with E-state index in [0.717, 1.165) is 22.6 Å². The highest BCUT2D eigenvalue weighted by Gasteiger charge is 2.07. The van der Waals surface area contributed by atoms with E-state index in [-0.39, 0.29) is 18.6 Å². The van der Waals surface area contributed by atoms with E-state index >= 15 is 0 Å². The Kier molecular flexibility index (Phi) is 5.63. The Balaban J connectivity index is 1.93. The third kappa shape index (κ3) is 5.02. The van der Waals surface area contributed by atoms with Gasteiger partial charge in [-0.2, -0.15) is 0 Å². The number of hydrogen-bond donors (Lipinski definition) is 1. The third-order valence-corrected chi connectivity index (χ3v) is 3.40. The molecule has 0 saturated heterocycles. The lowest BCUT2D eigenvalue weighted by Gasteiger charge is -2.13. The predicted octanol–water partition coefficient (Wildman–Crippen LogP) is 4.11. The SMILES string of the molecule is Cc1cccc(OCC(=O)Nc2cccc(OC(C)C)c2)c1C. The van der Waals surface area contributed by atoms with Crippen LogP contribution < -0.4 is 14.8 Å². The smallest absolute Gasteiger partial charge is 0.262 e. The minimum atomic E-state index is -0.201. The average molecular weight is 313 g/mol. The molecule has 1 N–H and O–H groups in total. The van der Waals surface area contributed by atoms with Gasteiger partial charge in [-0.1, -0.05) is 18.2 Å². The van der Waals surface area contributed by atoms with Gasteiger partial charge in [-0.05, 0) is 57.0 Å². The molecule has 0 atom stereocenters. The van der Waals surface area contributed by atoms with Crippen molar-refractivity contribution in [3.63, 3.8) is 0 Å². The summed E-state index contributed by atoms with van der Waals surface area (Å²) in [5.74, 6) is 1.26. The number of hydrogen-bond acceptors (Lipinski definition) is 3. The summed E-state index contributed by atoms with van der Waals surface area (Å²) in [6.07, 6.45) is 0.0913. The van der Waals surface area contributed by atoms with E-state index in [4.69, 9.17) is 9.47 Å². The quantitative estimate of drug-likeness (QED) is 0.873. The van der Waals surface area contributed by atoms with Crippen LogP contribution in [0.15, 0.2) is 42.5 Å². The van der Waals surface area contributed by atoms with Crippen LogP contribution >= 0.6 is 0 Å². The minimum absolute atomic E-state index is 0.0282. The molecule has 2 aromatic rings. The summed E-state index contributed by atoms with van der Waals surface area (Å²) in [5, 5.41) is 2.82. The van der Waals surface area contributed by atoms with Gasteiger partial charge in [0.2, 0.25) is 0 Å². The van der Waals surface area contributed by atoms with Gasteiger partial charge in [-0.15, -0.1) is 0 Å². The molecule has 122 valence electrons. The number of aryl methyl sites for hydroxylation is 1. The van der Waals surface area contributed by atoms with Crippen LogP contribution in [0.2, 0.25) is 0 Å². The topological polar surface area (TPSA) is 47.6 Å². The number of amides is 1. The Morgan fingerprint density at radius 3 is 2.61 bits per heavy atom. The first-order chi connectivity index (χ1) is 11.0. The molecule has 0 aliphatic rings. The fourth-order valence-corrected chi connectivity index (χ4v) is 2.14. The molecule has 0 aliphatic carbocycles. The number of carbonyl (C=O) groups is 1. The van der Waals surface area contributed by atoms with E-state index < -0.39 is 0 Å². The van der Waals surface area contributed by atoms with Gasteiger partial charge in [-0.3, -0.25) is 4.79 Å². The van der Waals surface area contributed by atoms with E-state index in [0.29, 0.717) is 5.69 Å². The molecule has 0 heterocycles. The molecule has 1 amide bonds. The Morgan fingerprint density at radius 2 is 1.87 bits per heavy atom. The monoisotopic (exact) mass is 313 g/mol. The van der Waals surface area contributed by atoms with Crippen molar-refractivity contribution in [3.05, 3.63) is 53.6 Å². The van der Waals surface area contributed by atoms with Gasteiger partial charge in [0.05, 0.1) is 6.10 Å². The van der Waals surface area contributed by atoms with Crippen molar-refractivity contribution < 1.29 is 14.3 Å². The highest BCUT2D eigenvalue weighted by molar-refractivity contribution is 5.92. The van der Waals surface area contributed by atoms with Crippen molar-refractivity contribution in [1.82, 2.24) is 0 Å². The molecule has 0 radical (unpaired) electrons. The maximum absolute atomic E-state index is 12.0. The zero-order valence-electron chi connectivity index (χ0n) is 14.1. The van der Waals surface area contributed by atoms with E-state index in [1.165, 1.54) is 0 Å². The zero-order chi connectivity index (χ0) is 16.8. The van der Waals surface area contributed by atoms with Crippen molar-refractivity contribution >= 4 is 11.6 Å². The maximum atomic E-state index is 12.0. The molecule has 0 bridgehead atoms. The Hall–Kier alpha value is -2.49. The second kappa shape index (κ2) is 7.68. The van der Waals surface area contributed by atoms with Gasteiger partial charge in [0, 0.05) is 11.8 Å². The first kappa shape index (κ1) is 16.9. The van der Waals surface area contributed by atoms with Crippen LogP contribution in [-0.4, -0.2) is 18.6 Å². The number of anilines is 1. The molecule has 0 saturated carbocycles. The molecule has 0 fully saturated rings. The van der Waals surface area contributed by atoms with Crippen LogP contribution in [0.1, 0.15) is 25.0 Å². The van der Waals surface area contributed by atoms with Gasteiger partial charge in [0.1, 0.15) is 11.5 Å². The normalized spacial score (nSPS) is 10.5. The Bertz CT molecular complexity index is 680. The first-order valence-electron chi connectivity index (χ1n) is 7.71. The molecular weight excluding hydrogens is 290 g/mol. The summed E-state index contributed by atoms with van der Waals surface area (Å²) in [5.41, 5.74) is 2.88. The highest BCUT2D eigenvalue weighted by atomic mass is 16.5. The van der Waals surface area contributed by atoms with Crippen LogP contribution in [0.4, 0.5) is 5.69 Å². The molecule has 4 heteroatoms. The number of rotatable bonds is 6. The Morgan fingerprint density at radius 1 is 1.13 bits per heavy atom. The lowest BCUT2D eigenvalue weighted by molar-refractivity contribution is -0.118. The Labute approximate surface area is 137 Å². The zero-order valence-corrected chi connectivity index (χ0v) is 14.1. The molecule has 23 heavy (non-hydrogen) atoms. The average Bonchev–Trinajstić information content (AvgIpc) is 2.48. The number of nitrogens with one attached hydrogen (secondary N) is 1. The summed E-state index contributed by atoms with van der Waals surface area (Å²) >= 11 is 0. The van der Waals surface area contributed by atoms with E-state index in [1.807, 2.05) is 64.1 Å². The summed E-state index contributed by atoms with van der Waals surface area (Å²) < 4.78 is 11.2. The summed E-state index contributed by atoms with van der Waals surface area (Å²) in [7, 11) is 0. The summed E-state index contributed by atoms with van der Waals surface area (Å²) in [6.45, 7) is 7.89. The fraction of sp³-hybridized carbons (Fsp3) is 0.316. The summed E-state index contributed by atoms with van der Waals surface area (Å²) in [4.78, 5) is 12.0. The van der Waals surface area contributed by atoms with Crippen molar-refractivity contribution in [1.29, 1.82) is 0 Å². The van der Waals surface area contributed by atoms with Gasteiger partial charge in [0.15, 0.2) is 6.61 Å². The number of carbonyl (C=O) groups excluding carboxylic acids is 1. The van der Waals surface area contributed by atoms with Crippen molar-refractivity contribution in [2.45, 2.75) is 33.8 Å². The van der Waals surface area contributed by atoms with Crippen molar-refractivity contribution in [3.8, 4) is 11.5 Å². The van der Waals surface area contributed by atoms with E-state index in [1.54, 1.807) is 6.07 Å². The van der Waals surface area contributed by atoms with Gasteiger partial charge >= 0.3 is 0 Å². The van der Waals surface area contributed by atoms with Gasteiger partial charge in [0.25, 0.3) is 5.91 Å². The molecule has 0 spiro atoms. The van der Waals surface area contributed by atoms with E-state index in [2.05, 4.69) is 5.32 Å². The van der Waals surface area contributed by atoms with Crippen LogP contribution in [0.3, 0.4) is 0 Å². The van der Waals surface area contributed by atoms with Crippen LogP contribution in [0.25, 0.3) is 0 Å². The molecule has 4 nitrogen and oxygen atoms in total. The molecule has 0 unspecified atom stereocenters. The molecular formula is C19H23NO3. The van der Waals surface area contributed by atoms with Crippen LogP contribution in [-0.2, 0) is 4.79 Å². The van der Waals surface area contributed by atoms with E-state index in [9.17, 15) is 4.79 Å². The largest absolute Gasteiger partial charge is 0.491 e. The molecule has 2 aromatic carbocycles. The fourth-order valence-electron chi connectivity index (χ4n) is 2.14. The standard InChI is InChI=1S/C19H23NO3/c1-13(2)23-17-9-6-8-16(11-17)20-19(21)12-22-18-10-5-7-14(3)15(18)4/h5-11,13H,12H2,1-4H3,(H,20,21). The second-order valence-electron chi connectivity index (χ2n) is 5.73. The van der Waals surface area contributed by atoms with Gasteiger partial charge < -0.3 is 14.8 Å². The predicted molar refractivity (Wildman–Crippen MR) is 92.2 cm³/mol. The van der Waals surface area contributed by atoms with Crippen LogP contribution in [0.5, 0.6) is 11.5 Å². The highest BCUT2D eigenvalue weighted by Crippen LogP contribution is 2.21. The van der Waals surface area contributed by atoms with Gasteiger partial charge in [-0.25, -0.2) is 0 Å². The molecule has 2 rings (SSSR count). The van der Waals surface area contributed by atoms with Crippen molar-refractivity contribution in [2.75, 3.05) is 11.9 Å². The second-order valence-corrected chi connectivity index (χ2v) is 5.73. The minimum Gasteiger partial charge on any atom is -0.491 e. The number of ether oxygens (including phenoxy) is 2. The summed E-state index contributed by atoms with van der Waals surface area (Å²) in [6, 6.07) is 13.1. The molecule has 0 aromatic heterocycles. The lowest BCUT2D eigenvalue weighted by Crippen LogP contribution is -2.20. The molecule has 0 aliphatic heterocycles. The maximum Gasteiger partial charge on any atom is 0.262 e. The number of benzene rings is 2. The van der Waals surface area contributed by atoms with Crippen molar-refractivity contribution in [2.24, 2.45) is 0 Å². The van der Waals surface area contributed by atoms with Crippen LogP contribution in [0, 0.1) is 13.8 Å². The first-order valence-corrected chi connectivity index (χ1v) is 7.71.